The van der Waals surface area contributed by atoms with E-state index in [1.807, 2.05) is 0 Å². The molecule has 4 nitrogen and oxygen atoms in total. The third-order valence-corrected chi connectivity index (χ3v) is 3.57. The summed E-state index contributed by atoms with van der Waals surface area (Å²) in [4.78, 5) is 13.0. The van der Waals surface area contributed by atoms with Gasteiger partial charge < -0.3 is 9.84 Å². The zero-order chi connectivity index (χ0) is 11.5. The highest BCUT2D eigenvalue weighted by Gasteiger charge is 2.30. The van der Waals surface area contributed by atoms with Crippen molar-refractivity contribution >= 4 is 5.97 Å². The van der Waals surface area contributed by atoms with Gasteiger partial charge in [-0.15, -0.1) is 0 Å². The summed E-state index contributed by atoms with van der Waals surface area (Å²) in [5.74, 6) is 0.164. The topological polar surface area (TPSA) is 49.8 Å². The Bertz CT molecular complexity index is 253. The van der Waals surface area contributed by atoms with Crippen molar-refractivity contribution in [1.29, 1.82) is 0 Å². The molecule has 1 heterocycles. The molecular formula is C12H21NO3. The Balaban J connectivity index is 1.77. The van der Waals surface area contributed by atoms with Gasteiger partial charge in [-0.25, -0.2) is 0 Å². The normalized spacial score (nSPS) is 28.9. The van der Waals surface area contributed by atoms with E-state index in [1.165, 1.54) is 19.3 Å². The first kappa shape index (κ1) is 11.9. The quantitative estimate of drug-likeness (QED) is 0.770. The van der Waals surface area contributed by atoms with Gasteiger partial charge in [-0.05, 0) is 19.3 Å². The molecule has 1 saturated heterocycles. The number of rotatable bonds is 5. The minimum Gasteiger partial charge on any atom is -0.481 e. The number of carboxylic acids is 1. The molecule has 1 aliphatic heterocycles. The average molecular weight is 227 g/mol. The summed E-state index contributed by atoms with van der Waals surface area (Å²) in [6.07, 6.45) is 4.04. The van der Waals surface area contributed by atoms with Gasteiger partial charge in [-0.3, -0.25) is 9.69 Å². The first-order valence-corrected chi connectivity index (χ1v) is 6.22. The van der Waals surface area contributed by atoms with E-state index < -0.39 is 5.97 Å². The number of morpholine rings is 1. The summed E-state index contributed by atoms with van der Waals surface area (Å²) in [6.45, 7) is 4.65. The highest BCUT2D eigenvalue weighted by atomic mass is 16.5. The van der Waals surface area contributed by atoms with Crippen molar-refractivity contribution in [2.75, 3.05) is 19.7 Å². The minimum absolute atomic E-state index is 0.118. The number of nitrogens with zero attached hydrogens (tertiary/aromatic N) is 1. The van der Waals surface area contributed by atoms with Crippen LogP contribution in [0.4, 0.5) is 0 Å². The maximum absolute atomic E-state index is 10.6. The molecule has 1 saturated carbocycles. The Morgan fingerprint density at radius 2 is 2.31 bits per heavy atom. The number of aliphatic carboxylic acids is 1. The highest BCUT2D eigenvalue weighted by Crippen LogP contribution is 2.34. The van der Waals surface area contributed by atoms with E-state index in [4.69, 9.17) is 9.84 Å². The standard InChI is InChI=1S/C12H21NO3/c1-9(6-10-2-3-10)13-4-5-16-11(8-13)7-12(14)15/h9-11H,2-8H2,1H3,(H,14,15). The number of hydrogen-bond donors (Lipinski definition) is 1. The molecule has 16 heavy (non-hydrogen) atoms. The Morgan fingerprint density at radius 1 is 1.56 bits per heavy atom. The molecule has 0 aromatic carbocycles. The molecule has 0 aromatic rings. The second kappa shape index (κ2) is 5.15. The SMILES string of the molecule is CC(CC1CC1)N1CCOC(CC(=O)O)C1. The predicted molar refractivity (Wildman–Crippen MR) is 60.4 cm³/mol. The van der Waals surface area contributed by atoms with Gasteiger partial charge in [0.05, 0.1) is 19.1 Å². The van der Waals surface area contributed by atoms with Crippen LogP contribution >= 0.6 is 0 Å². The number of carbonyl (C=O) groups is 1. The van der Waals surface area contributed by atoms with Crippen LogP contribution in [0.5, 0.6) is 0 Å². The lowest BCUT2D eigenvalue weighted by atomic mass is 10.1. The minimum atomic E-state index is -0.762. The zero-order valence-corrected chi connectivity index (χ0v) is 9.89. The smallest absolute Gasteiger partial charge is 0.306 e. The number of hydrogen-bond acceptors (Lipinski definition) is 3. The van der Waals surface area contributed by atoms with Gasteiger partial charge in [0, 0.05) is 19.1 Å². The second-order valence-electron chi connectivity index (χ2n) is 5.11. The van der Waals surface area contributed by atoms with Crippen molar-refractivity contribution in [3.63, 3.8) is 0 Å². The molecule has 1 N–H and O–H groups in total. The van der Waals surface area contributed by atoms with Crippen LogP contribution in [0.1, 0.15) is 32.6 Å². The van der Waals surface area contributed by atoms with E-state index in [2.05, 4.69) is 11.8 Å². The van der Waals surface area contributed by atoms with Crippen LogP contribution < -0.4 is 0 Å². The Morgan fingerprint density at radius 3 is 2.94 bits per heavy atom. The summed E-state index contributed by atoms with van der Waals surface area (Å²) in [6, 6.07) is 0.577. The van der Waals surface area contributed by atoms with Gasteiger partial charge in [0.15, 0.2) is 0 Å². The molecule has 0 bridgehead atoms. The van der Waals surface area contributed by atoms with Crippen LogP contribution in [-0.4, -0.2) is 47.8 Å². The molecule has 4 heteroatoms. The summed E-state index contributed by atoms with van der Waals surface area (Å²) in [7, 11) is 0. The molecular weight excluding hydrogens is 206 g/mol. The first-order valence-electron chi connectivity index (χ1n) is 6.22. The van der Waals surface area contributed by atoms with E-state index in [-0.39, 0.29) is 12.5 Å². The largest absolute Gasteiger partial charge is 0.481 e. The molecule has 2 atom stereocenters. The third kappa shape index (κ3) is 3.46. The molecule has 0 radical (unpaired) electrons. The Hall–Kier alpha value is -0.610. The molecule has 2 fully saturated rings. The molecule has 0 aromatic heterocycles. The fourth-order valence-electron chi connectivity index (χ4n) is 2.45. The van der Waals surface area contributed by atoms with Crippen molar-refractivity contribution in [3.8, 4) is 0 Å². The summed E-state index contributed by atoms with van der Waals surface area (Å²) >= 11 is 0. The first-order chi connectivity index (χ1) is 7.65. The molecule has 92 valence electrons. The molecule has 0 spiro atoms. The van der Waals surface area contributed by atoms with Gasteiger partial charge in [-0.1, -0.05) is 12.8 Å². The predicted octanol–water partition coefficient (Wildman–Crippen LogP) is 1.35. The van der Waals surface area contributed by atoms with Crippen LogP contribution in [0.2, 0.25) is 0 Å². The van der Waals surface area contributed by atoms with Crippen LogP contribution in [-0.2, 0) is 9.53 Å². The van der Waals surface area contributed by atoms with E-state index >= 15 is 0 Å². The fraction of sp³-hybridized carbons (Fsp3) is 0.917. The van der Waals surface area contributed by atoms with Crippen molar-refractivity contribution in [1.82, 2.24) is 4.90 Å². The zero-order valence-electron chi connectivity index (χ0n) is 9.89. The lowest BCUT2D eigenvalue weighted by Crippen LogP contribution is -2.47. The lowest BCUT2D eigenvalue weighted by molar-refractivity contribution is -0.142. The van der Waals surface area contributed by atoms with Crippen LogP contribution in [0, 0.1) is 5.92 Å². The van der Waals surface area contributed by atoms with Gasteiger partial charge in [0.25, 0.3) is 0 Å². The maximum atomic E-state index is 10.6. The van der Waals surface area contributed by atoms with Gasteiger partial charge in [-0.2, -0.15) is 0 Å². The van der Waals surface area contributed by atoms with E-state index in [1.54, 1.807) is 0 Å². The van der Waals surface area contributed by atoms with Crippen molar-refractivity contribution in [3.05, 3.63) is 0 Å². The maximum Gasteiger partial charge on any atom is 0.306 e. The van der Waals surface area contributed by atoms with Crippen LogP contribution in [0.3, 0.4) is 0 Å². The van der Waals surface area contributed by atoms with Crippen molar-refractivity contribution in [2.24, 2.45) is 5.92 Å². The van der Waals surface area contributed by atoms with Crippen molar-refractivity contribution in [2.45, 2.75) is 44.8 Å². The second-order valence-corrected chi connectivity index (χ2v) is 5.11. The van der Waals surface area contributed by atoms with Gasteiger partial charge in [0.2, 0.25) is 0 Å². The molecule has 2 rings (SSSR count). The van der Waals surface area contributed by atoms with Gasteiger partial charge in [0.1, 0.15) is 0 Å². The highest BCUT2D eigenvalue weighted by molar-refractivity contribution is 5.67. The summed E-state index contributed by atoms with van der Waals surface area (Å²) in [5.41, 5.74) is 0. The van der Waals surface area contributed by atoms with Gasteiger partial charge >= 0.3 is 5.97 Å². The van der Waals surface area contributed by atoms with E-state index in [9.17, 15) is 4.79 Å². The van der Waals surface area contributed by atoms with Crippen molar-refractivity contribution < 1.29 is 14.6 Å². The molecule has 0 amide bonds. The number of ether oxygens (including phenoxy) is 1. The Labute approximate surface area is 96.6 Å². The average Bonchev–Trinajstić information content (AvgIpc) is 3.01. The summed E-state index contributed by atoms with van der Waals surface area (Å²) < 4.78 is 5.47. The van der Waals surface area contributed by atoms with E-state index in [0.29, 0.717) is 12.6 Å². The van der Waals surface area contributed by atoms with Crippen LogP contribution in [0.15, 0.2) is 0 Å². The molecule has 2 unspecified atom stereocenters. The summed E-state index contributed by atoms with van der Waals surface area (Å²) in [5, 5.41) is 8.75. The lowest BCUT2D eigenvalue weighted by Gasteiger charge is -2.36. The van der Waals surface area contributed by atoms with E-state index in [0.717, 1.165) is 19.0 Å². The molecule has 2 aliphatic rings. The fourth-order valence-corrected chi connectivity index (χ4v) is 2.45. The monoisotopic (exact) mass is 227 g/mol. The molecule has 1 aliphatic carbocycles. The third-order valence-electron chi connectivity index (χ3n) is 3.57. The number of carboxylic acid groups (broad SMARTS) is 1. The van der Waals surface area contributed by atoms with Crippen LogP contribution in [0.25, 0.3) is 0 Å². The Kier molecular flexibility index (Phi) is 3.82.